The van der Waals surface area contributed by atoms with Gasteiger partial charge in [-0.05, 0) is 49.4 Å². The van der Waals surface area contributed by atoms with E-state index in [4.69, 9.17) is 16.3 Å². The summed E-state index contributed by atoms with van der Waals surface area (Å²) >= 11 is 5.81. The smallest absolute Gasteiger partial charge is 0.323 e. The summed E-state index contributed by atoms with van der Waals surface area (Å²) in [5.41, 5.74) is 1.85. The van der Waals surface area contributed by atoms with Crippen molar-refractivity contribution in [3.63, 3.8) is 0 Å². The third-order valence-corrected chi connectivity index (χ3v) is 3.83. The van der Waals surface area contributed by atoms with Crippen LogP contribution in [-0.2, 0) is 4.79 Å². The molecule has 0 aromatic heterocycles. The number of halogens is 1. The molecule has 0 spiro atoms. The van der Waals surface area contributed by atoms with E-state index in [1.54, 1.807) is 47.4 Å². The predicted octanol–water partition coefficient (Wildman–Crippen LogP) is 3.73. The molecule has 0 saturated heterocycles. The van der Waals surface area contributed by atoms with Crippen molar-refractivity contribution in [2.45, 2.75) is 6.92 Å². The molecule has 2 aromatic carbocycles. The molecule has 0 fully saturated rings. The van der Waals surface area contributed by atoms with Gasteiger partial charge in [0, 0.05) is 22.9 Å². The number of likely N-dealkylation sites (N-methyl/N-ethyl adjacent to an activating group) is 1. The van der Waals surface area contributed by atoms with Crippen LogP contribution in [0.3, 0.4) is 0 Å². The molecule has 2 N–H and O–H groups in total. The van der Waals surface area contributed by atoms with Crippen molar-refractivity contribution in [1.82, 2.24) is 0 Å². The first-order valence-corrected chi connectivity index (χ1v) is 7.85. The Kier molecular flexibility index (Phi) is 4.57. The Morgan fingerprint density at radius 2 is 1.83 bits per heavy atom. The molecule has 3 amide bonds. The van der Waals surface area contributed by atoms with Gasteiger partial charge in [0.05, 0.1) is 5.69 Å². The van der Waals surface area contributed by atoms with Crippen LogP contribution in [0.2, 0.25) is 5.02 Å². The number of urea groups is 1. The Labute approximate surface area is 144 Å². The first kappa shape index (κ1) is 16.1. The molecule has 6 nitrogen and oxygen atoms in total. The highest BCUT2D eigenvalue weighted by Crippen LogP contribution is 2.34. The molecular formula is C17H16ClN3O3. The average Bonchev–Trinajstić information content (AvgIpc) is 2.57. The van der Waals surface area contributed by atoms with Crippen LogP contribution < -0.4 is 20.3 Å². The summed E-state index contributed by atoms with van der Waals surface area (Å²) in [6.07, 6.45) is 0. The van der Waals surface area contributed by atoms with Gasteiger partial charge < -0.3 is 20.3 Å². The lowest BCUT2D eigenvalue weighted by atomic mass is 10.2. The Hall–Kier alpha value is -2.73. The molecule has 7 heteroatoms. The molecular weight excluding hydrogens is 330 g/mol. The maximum absolute atomic E-state index is 12.1. The lowest BCUT2D eigenvalue weighted by Gasteiger charge is -2.28. The third kappa shape index (κ3) is 3.44. The number of ether oxygens (including phenoxy) is 1. The summed E-state index contributed by atoms with van der Waals surface area (Å²) in [7, 11) is 0. The average molecular weight is 346 g/mol. The fourth-order valence-electron chi connectivity index (χ4n) is 2.45. The lowest BCUT2D eigenvalue weighted by Crippen LogP contribution is -2.38. The van der Waals surface area contributed by atoms with Gasteiger partial charge in [-0.15, -0.1) is 0 Å². The molecule has 1 heterocycles. The van der Waals surface area contributed by atoms with E-state index in [1.165, 1.54) is 0 Å². The fraction of sp³-hybridized carbons (Fsp3) is 0.176. The van der Waals surface area contributed by atoms with Crippen molar-refractivity contribution in [2.24, 2.45) is 0 Å². The van der Waals surface area contributed by atoms with E-state index in [1.807, 2.05) is 6.92 Å². The van der Waals surface area contributed by atoms with Gasteiger partial charge in [-0.1, -0.05) is 11.6 Å². The monoisotopic (exact) mass is 345 g/mol. The minimum Gasteiger partial charge on any atom is -0.482 e. The highest BCUT2D eigenvalue weighted by atomic mass is 35.5. The molecule has 0 atom stereocenters. The van der Waals surface area contributed by atoms with Crippen molar-refractivity contribution < 1.29 is 14.3 Å². The minimum atomic E-state index is -0.386. The number of nitrogens with zero attached hydrogens (tertiary/aromatic N) is 1. The van der Waals surface area contributed by atoms with E-state index in [9.17, 15) is 9.59 Å². The first-order valence-electron chi connectivity index (χ1n) is 7.47. The van der Waals surface area contributed by atoms with Gasteiger partial charge in [0.1, 0.15) is 5.75 Å². The van der Waals surface area contributed by atoms with Crippen LogP contribution in [0.4, 0.5) is 21.9 Å². The first-order chi connectivity index (χ1) is 11.6. The quantitative estimate of drug-likeness (QED) is 0.890. The molecule has 24 heavy (non-hydrogen) atoms. The number of hydrogen-bond acceptors (Lipinski definition) is 3. The maximum Gasteiger partial charge on any atom is 0.323 e. The largest absolute Gasteiger partial charge is 0.482 e. The van der Waals surface area contributed by atoms with Crippen LogP contribution >= 0.6 is 11.6 Å². The summed E-state index contributed by atoms with van der Waals surface area (Å²) in [5, 5.41) is 6.05. The zero-order valence-corrected chi connectivity index (χ0v) is 13.8. The predicted molar refractivity (Wildman–Crippen MR) is 94.1 cm³/mol. The Morgan fingerprint density at radius 1 is 1.17 bits per heavy atom. The van der Waals surface area contributed by atoms with Gasteiger partial charge in [0.25, 0.3) is 5.91 Å². The molecule has 0 unspecified atom stereocenters. The standard InChI is InChI=1S/C17H16ClN3O3/c1-2-21-14-9-13(7-8-15(14)24-10-16(21)22)20-17(23)19-12-5-3-11(18)4-6-12/h3-9H,2,10H2,1H3,(H2,19,20,23). The molecule has 0 radical (unpaired) electrons. The zero-order valence-electron chi connectivity index (χ0n) is 13.0. The summed E-state index contributed by atoms with van der Waals surface area (Å²) < 4.78 is 5.40. The summed E-state index contributed by atoms with van der Waals surface area (Å²) in [6, 6.07) is 11.6. The molecule has 1 aliphatic rings. The third-order valence-electron chi connectivity index (χ3n) is 3.58. The fourth-order valence-corrected chi connectivity index (χ4v) is 2.58. The second-order valence-electron chi connectivity index (χ2n) is 5.20. The van der Waals surface area contributed by atoms with Crippen molar-refractivity contribution in [2.75, 3.05) is 28.7 Å². The van der Waals surface area contributed by atoms with Crippen molar-refractivity contribution in [1.29, 1.82) is 0 Å². The highest BCUT2D eigenvalue weighted by molar-refractivity contribution is 6.30. The summed E-state index contributed by atoms with van der Waals surface area (Å²) in [5.74, 6) is 0.521. The molecule has 2 aromatic rings. The Bertz CT molecular complexity index is 777. The van der Waals surface area contributed by atoms with Gasteiger partial charge in [0.15, 0.2) is 6.61 Å². The van der Waals surface area contributed by atoms with Gasteiger partial charge in [-0.25, -0.2) is 4.79 Å². The normalized spacial score (nSPS) is 13.1. The van der Waals surface area contributed by atoms with E-state index in [2.05, 4.69) is 10.6 Å². The Balaban J connectivity index is 1.73. The van der Waals surface area contributed by atoms with E-state index >= 15 is 0 Å². The van der Waals surface area contributed by atoms with Crippen LogP contribution in [-0.4, -0.2) is 25.1 Å². The molecule has 124 valence electrons. The molecule has 0 bridgehead atoms. The number of benzene rings is 2. The molecule has 3 rings (SSSR count). The van der Waals surface area contributed by atoms with Crippen molar-refractivity contribution in [3.8, 4) is 5.75 Å². The number of fused-ring (bicyclic) bond motifs is 1. The van der Waals surface area contributed by atoms with Crippen LogP contribution in [0.15, 0.2) is 42.5 Å². The topological polar surface area (TPSA) is 70.7 Å². The van der Waals surface area contributed by atoms with Gasteiger partial charge in [0.2, 0.25) is 0 Å². The van der Waals surface area contributed by atoms with Crippen LogP contribution in [0.25, 0.3) is 0 Å². The van der Waals surface area contributed by atoms with E-state index in [-0.39, 0.29) is 18.5 Å². The maximum atomic E-state index is 12.1. The van der Waals surface area contributed by atoms with E-state index < -0.39 is 0 Å². The molecule has 0 aliphatic carbocycles. The number of carbonyl (C=O) groups is 2. The SMILES string of the molecule is CCN1C(=O)COc2ccc(NC(=O)Nc3ccc(Cl)cc3)cc21. The van der Waals surface area contributed by atoms with Gasteiger partial charge in [-0.3, -0.25) is 4.79 Å². The number of amides is 3. The highest BCUT2D eigenvalue weighted by Gasteiger charge is 2.24. The van der Waals surface area contributed by atoms with E-state index in [0.29, 0.717) is 34.4 Å². The minimum absolute atomic E-state index is 0.0324. The zero-order chi connectivity index (χ0) is 17.1. The lowest BCUT2D eigenvalue weighted by molar-refractivity contribution is -0.121. The number of carbonyl (C=O) groups excluding carboxylic acids is 2. The van der Waals surface area contributed by atoms with Crippen LogP contribution in [0.5, 0.6) is 5.75 Å². The van der Waals surface area contributed by atoms with Gasteiger partial charge in [-0.2, -0.15) is 0 Å². The van der Waals surface area contributed by atoms with Crippen LogP contribution in [0, 0.1) is 0 Å². The number of anilines is 3. The summed E-state index contributed by atoms with van der Waals surface area (Å²) in [6.45, 7) is 2.46. The Morgan fingerprint density at radius 3 is 2.54 bits per heavy atom. The number of rotatable bonds is 3. The number of hydrogen-bond donors (Lipinski definition) is 2. The second kappa shape index (κ2) is 6.80. The van der Waals surface area contributed by atoms with Crippen LogP contribution in [0.1, 0.15) is 6.92 Å². The number of nitrogens with one attached hydrogen (secondary N) is 2. The van der Waals surface area contributed by atoms with Gasteiger partial charge >= 0.3 is 6.03 Å². The van der Waals surface area contributed by atoms with Crippen molar-refractivity contribution in [3.05, 3.63) is 47.5 Å². The molecule has 0 saturated carbocycles. The van der Waals surface area contributed by atoms with Crippen molar-refractivity contribution >= 4 is 40.6 Å². The molecule has 1 aliphatic heterocycles. The van der Waals surface area contributed by atoms with E-state index in [0.717, 1.165) is 0 Å². The second-order valence-corrected chi connectivity index (χ2v) is 5.63. The summed E-state index contributed by atoms with van der Waals surface area (Å²) in [4.78, 5) is 25.6.